The van der Waals surface area contributed by atoms with Crippen LogP contribution in [0.25, 0.3) is 0 Å². The lowest BCUT2D eigenvalue weighted by Crippen LogP contribution is -2.39. The monoisotopic (exact) mass is 260 g/mol. The second-order valence-corrected chi connectivity index (χ2v) is 5.45. The van der Waals surface area contributed by atoms with Crippen molar-refractivity contribution in [3.8, 4) is 0 Å². The Morgan fingerprint density at radius 3 is 2.84 bits per heavy atom. The van der Waals surface area contributed by atoms with E-state index in [1.807, 2.05) is 4.90 Å². The lowest BCUT2D eigenvalue weighted by atomic mass is 9.85. The molecule has 3 rings (SSSR count). The van der Waals surface area contributed by atoms with Gasteiger partial charge in [-0.25, -0.2) is 0 Å². The molecule has 5 nitrogen and oxygen atoms in total. The molecule has 102 valence electrons. The second kappa shape index (κ2) is 5.15. The first-order valence-corrected chi connectivity index (χ1v) is 7.12. The predicted molar refractivity (Wildman–Crippen MR) is 73.0 cm³/mol. The minimum atomic E-state index is 0.0459. The number of carbonyl (C=O) groups is 1. The number of nitrogens with zero attached hydrogens (tertiary/aromatic N) is 3. The van der Waals surface area contributed by atoms with Crippen LogP contribution in [0.15, 0.2) is 12.1 Å². The maximum Gasteiger partial charge on any atom is 0.274 e. The summed E-state index contributed by atoms with van der Waals surface area (Å²) in [6.45, 7) is 0.879. The smallest absolute Gasteiger partial charge is 0.274 e. The Hall–Kier alpha value is -1.65. The van der Waals surface area contributed by atoms with E-state index < -0.39 is 0 Å². The number of aromatic nitrogens is 2. The van der Waals surface area contributed by atoms with Crippen molar-refractivity contribution in [2.24, 2.45) is 5.92 Å². The van der Waals surface area contributed by atoms with E-state index in [1.54, 1.807) is 19.2 Å². The van der Waals surface area contributed by atoms with Crippen LogP contribution in [0, 0.1) is 5.92 Å². The molecule has 2 atom stereocenters. The molecule has 0 aromatic carbocycles. The van der Waals surface area contributed by atoms with E-state index in [0.29, 0.717) is 23.5 Å². The normalized spacial score (nSPS) is 26.1. The van der Waals surface area contributed by atoms with Crippen molar-refractivity contribution < 1.29 is 4.79 Å². The zero-order valence-electron chi connectivity index (χ0n) is 11.3. The lowest BCUT2D eigenvalue weighted by Gasteiger charge is -2.31. The van der Waals surface area contributed by atoms with Crippen LogP contribution in [-0.2, 0) is 0 Å². The molecule has 1 aromatic heterocycles. The van der Waals surface area contributed by atoms with E-state index in [2.05, 4.69) is 15.5 Å². The summed E-state index contributed by atoms with van der Waals surface area (Å²) in [5.74, 6) is 1.44. The minimum Gasteiger partial charge on any atom is -0.372 e. The topological polar surface area (TPSA) is 58.1 Å². The third-order valence-corrected chi connectivity index (χ3v) is 4.41. The van der Waals surface area contributed by atoms with Gasteiger partial charge in [0.1, 0.15) is 5.82 Å². The largest absolute Gasteiger partial charge is 0.372 e. The molecule has 19 heavy (non-hydrogen) atoms. The quantitative estimate of drug-likeness (QED) is 0.882. The number of fused-ring (bicyclic) bond motifs is 1. The molecule has 1 amide bonds. The molecule has 2 heterocycles. The fraction of sp³-hybridized carbons (Fsp3) is 0.643. The summed E-state index contributed by atoms with van der Waals surface area (Å²) in [5, 5.41) is 10.9. The standard InChI is InChI=1S/C14H20N4O/c1-15-13-7-6-11(16-17-13)14(19)18-9-8-10-4-2-3-5-12(10)18/h6-7,10,12H,2-5,8-9H2,1H3,(H,15,17). The number of hydrogen-bond acceptors (Lipinski definition) is 4. The van der Waals surface area contributed by atoms with Crippen LogP contribution in [0.4, 0.5) is 5.82 Å². The molecule has 2 unspecified atom stereocenters. The van der Waals surface area contributed by atoms with E-state index in [0.717, 1.165) is 19.4 Å². The van der Waals surface area contributed by atoms with Gasteiger partial charge in [0.05, 0.1) is 0 Å². The molecule has 1 aromatic rings. The Kier molecular flexibility index (Phi) is 3.36. The zero-order valence-corrected chi connectivity index (χ0v) is 11.3. The van der Waals surface area contributed by atoms with Crippen LogP contribution in [-0.4, -0.2) is 40.6 Å². The lowest BCUT2D eigenvalue weighted by molar-refractivity contribution is 0.0683. The second-order valence-electron chi connectivity index (χ2n) is 5.45. The maximum atomic E-state index is 12.5. The molecule has 1 aliphatic heterocycles. The van der Waals surface area contributed by atoms with Crippen LogP contribution in [0.3, 0.4) is 0 Å². The van der Waals surface area contributed by atoms with Gasteiger partial charge in [0.25, 0.3) is 5.91 Å². The maximum absolute atomic E-state index is 12.5. The summed E-state index contributed by atoms with van der Waals surface area (Å²) >= 11 is 0. The number of rotatable bonds is 2. The van der Waals surface area contributed by atoms with Crippen molar-refractivity contribution in [1.82, 2.24) is 15.1 Å². The van der Waals surface area contributed by atoms with Gasteiger partial charge in [-0.3, -0.25) is 4.79 Å². The van der Waals surface area contributed by atoms with E-state index in [-0.39, 0.29) is 5.91 Å². The van der Waals surface area contributed by atoms with Crippen LogP contribution in [0.5, 0.6) is 0 Å². The van der Waals surface area contributed by atoms with Gasteiger partial charge < -0.3 is 10.2 Å². The minimum absolute atomic E-state index is 0.0459. The summed E-state index contributed by atoms with van der Waals surface area (Å²) in [6, 6.07) is 4.00. The number of likely N-dealkylation sites (tertiary alicyclic amines) is 1. The summed E-state index contributed by atoms with van der Waals surface area (Å²) in [4.78, 5) is 14.5. The van der Waals surface area contributed by atoms with Crippen LogP contribution < -0.4 is 5.32 Å². The van der Waals surface area contributed by atoms with Crippen molar-refractivity contribution in [2.75, 3.05) is 18.9 Å². The molecule has 0 spiro atoms. The zero-order chi connectivity index (χ0) is 13.2. The van der Waals surface area contributed by atoms with Gasteiger partial charge in [-0.15, -0.1) is 10.2 Å². The number of anilines is 1. The van der Waals surface area contributed by atoms with E-state index >= 15 is 0 Å². The highest BCUT2D eigenvalue weighted by Crippen LogP contribution is 2.36. The Morgan fingerprint density at radius 1 is 1.26 bits per heavy atom. The van der Waals surface area contributed by atoms with E-state index in [4.69, 9.17) is 0 Å². The molecule has 1 saturated carbocycles. The number of amides is 1. The molecule has 2 aliphatic rings. The Morgan fingerprint density at radius 2 is 2.11 bits per heavy atom. The molecular weight excluding hydrogens is 240 g/mol. The summed E-state index contributed by atoms with van der Waals surface area (Å²) in [6.07, 6.45) is 6.14. The first-order valence-electron chi connectivity index (χ1n) is 7.12. The predicted octanol–water partition coefficient (Wildman–Crippen LogP) is 1.92. The van der Waals surface area contributed by atoms with Gasteiger partial charge in [-0.1, -0.05) is 12.8 Å². The third-order valence-electron chi connectivity index (χ3n) is 4.41. The van der Waals surface area contributed by atoms with Crippen LogP contribution in [0.2, 0.25) is 0 Å². The molecule has 5 heteroatoms. The Labute approximate surface area is 113 Å². The Bertz CT molecular complexity index is 459. The molecule has 2 fully saturated rings. The molecule has 1 N–H and O–H groups in total. The van der Waals surface area contributed by atoms with Gasteiger partial charge in [-0.2, -0.15) is 0 Å². The van der Waals surface area contributed by atoms with E-state index in [1.165, 1.54) is 19.3 Å². The molecule has 1 saturated heterocycles. The fourth-order valence-electron chi connectivity index (χ4n) is 3.38. The van der Waals surface area contributed by atoms with Crippen molar-refractivity contribution in [3.63, 3.8) is 0 Å². The molecule has 0 radical (unpaired) electrons. The third kappa shape index (κ3) is 2.29. The van der Waals surface area contributed by atoms with Gasteiger partial charge in [0.2, 0.25) is 0 Å². The molecule has 0 bridgehead atoms. The average molecular weight is 260 g/mol. The van der Waals surface area contributed by atoms with Gasteiger partial charge >= 0.3 is 0 Å². The van der Waals surface area contributed by atoms with Crippen molar-refractivity contribution in [1.29, 1.82) is 0 Å². The summed E-state index contributed by atoms with van der Waals surface area (Å²) < 4.78 is 0. The molecule has 1 aliphatic carbocycles. The van der Waals surface area contributed by atoms with Crippen LogP contribution in [0.1, 0.15) is 42.6 Å². The summed E-state index contributed by atoms with van der Waals surface area (Å²) in [7, 11) is 1.79. The first-order chi connectivity index (χ1) is 9.29. The van der Waals surface area contributed by atoms with Gasteiger partial charge in [-0.05, 0) is 37.3 Å². The first kappa shape index (κ1) is 12.4. The van der Waals surface area contributed by atoms with Crippen molar-refractivity contribution in [2.45, 2.75) is 38.1 Å². The highest BCUT2D eigenvalue weighted by molar-refractivity contribution is 5.92. The van der Waals surface area contributed by atoms with Crippen LogP contribution >= 0.6 is 0 Å². The number of carbonyl (C=O) groups excluding carboxylic acids is 1. The van der Waals surface area contributed by atoms with Crippen molar-refractivity contribution >= 4 is 11.7 Å². The fourth-order valence-corrected chi connectivity index (χ4v) is 3.38. The number of hydrogen-bond donors (Lipinski definition) is 1. The number of nitrogens with one attached hydrogen (secondary N) is 1. The SMILES string of the molecule is CNc1ccc(C(=O)N2CCC3CCCCC32)nn1. The van der Waals surface area contributed by atoms with Crippen molar-refractivity contribution in [3.05, 3.63) is 17.8 Å². The average Bonchev–Trinajstić information content (AvgIpc) is 2.90. The summed E-state index contributed by atoms with van der Waals surface area (Å²) in [5.41, 5.74) is 0.463. The van der Waals surface area contributed by atoms with Gasteiger partial charge in [0.15, 0.2) is 5.69 Å². The highest BCUT2D eigenvalue weighted by Gasteiger charge is 2.38. The Balaban J connectivity index is 1.75. The van der Waals surface area contributed by atoms with Gasteiger partial charge in [0, 0.05) is 19.6 Å². The molecular formula is C14H20N4O. The van der Waals surface area contributed by atoms with E-state index in [9.17, 15) is 4.79 Å². The highest BCUT2D eigenvalue weighted by atomic mass is 16.2.